The van der Waals surface area contributed by atoms with Gasteiger partial charge in [-0.1, -0.05) is 0 Å². The fourth-order valence-corrected chi connectivity index (χ4v) is 3.94. The lowest BCUT2D eigenvalue weighted by Gasteiger charge is -2.30. The number of methoxy groups -OCH3 is 4. The molecule has 1 aliphatic rings. The fraction of sp³-hybridized carbons (Fsp3) is 0.455. The van der Waals surface area contributed by atoms with Gasteiger partial charge in [-0.05, 0) is 30.3 Å². The van der Waals surface area contributed by atoms with E-state index in [0.29, 0.717) is 11.5 Å². The number of hydrogen-bond acceptors (Lipinski definition) is 5. The van der Waals surface area contributed by atoms with Gasteiger partial charge in [0.05, 0.1) is 34.0 Å². The summed E-state index contributed by atoms with van der Waals surface area (Å²) in [6, 6.07) is 9.76. The van der Waals surface area contributed by atoms with E-state index in [1.807, 2.05) is 24.3 Å². The molecule has 0 saturated carbocycles. The zero-order valence-corrected chi connectivity index (χ0v) is 17.7. The summed E-state index contributed by atoms with van der Waals surface area (Å²) in [4.78, 5) is 3.06. The summed E-state index contributed by atoms with van der Waals surface area (Å²) in [5.41, 5.74) is 2.28. The van der Waals surface area contributed by atoms with Gasteiger partial charge in [0.2, 0.25) is 5.75 Å². The van der Waals surface area contributed by atoms with E-state index in [4.69, 9.17) is 18.9 Å². The van der Waals surface area contributed by atoms with Gasteiger partial charge in [-0.25, -0.2) is 0 Å². The Balaban J connectivity index is 1.60. The van der Waals surface area contributed by atoms with E-state index in [9.17, 15) is 5.11 Å². The number of piperazine rings is 1. The monoisotopic (exact) mass is 404 g/mol. The molecule has 3 N–H and O–H groups in total. The minimum atomic E-state index is 0.0512. The van der Waals surface area contributed by atoms with Crippen molar-refractivity contribution in [2.45, 2.75) is 13.1 Å². The molecule has 1 saturated heterocycles. The number of aromatic hydroxyl groups is 1. The van der Waals surface area contributed by atoms with Crippen molar-refractivity contribution >= 4 is 0 Å². The van der Waals surface area contributed by atoms with E-state index in [-0.39, 0.29) is 5.75 Å². The molecule has 7 nitrogen and oxygen atoms in total. The number of benzene rings is 2. The first-order chi connectivity index (χ1) is 14.1. The number of hydrogen-bond donors (Lipinski definition) is 3. The average molecular weight is 405 g/mol. The quantitative estimate of drug-likeness (QED) is 0.574. The Morgan fingerprint density at radius 3 is 1.79 bits per heavy atom. The van der Waals surface area contributed by atoms with Gasteiger partial charge in [0, 0.05) is 5.56 Å². The normalized spacial score (nSPS) is 18.9. The van der Waals surface area contributed by atoms with Crippen molar-refractivity contribution in [1.29, 1.82) is 0 Å². The molecule has 7 heteroatoms. The standard InChI is InChI=1S/C22H30N2O5/c1-26-18-5-6-19(27-2)17(13-18)15-24-9-7-23(8-10-24)14-16-11-20(28-3)22(25)21(12-16)29-4/h5-6,11-13,25H,7-10,14-15H2,1-4H3/p+2. The highest BCUT2D eigenvalue weighted by atomic mass is 16.5. The molecule has 0 amide bonds. The van der Waals surface area contributed by atoms with Crippen molar-refractivity contribution in [2.24, 2.45) is 0 Å². The molecule has 1 heterocycles. The van der Waals surface area contributed by atoms with Crippen LogP contribution < -0.4 is 28.7 Å². The highest BCUT2D eigenvalue weighted by Gasteiger charge is 2.25. The van der Waals surface area contributed by atoms with E-state index in [1.54, 1.807) is 33.3 Å². The summed E-state index contributed by atoms with van der Waals surface area (Å²) in [6.07, 6.45) is 0. The molecule has 1 aliphatic heterocycles. The third-order valence-corrected chi connectivity index (χ3v) is 5.59. The maximum absolute atomic E-state index is 10.1. The van der Waals surface area contributed by atoms with Gasteiger partial charge in [-0.3, -0.25) is 0 Å². The van der Waals surface area contributed by atoms with Crippen molar-refractivity contribution in [3.8, 4) is 28.7 Å². The third-order valence-electron chi connectivity index (χ3n) is 5.59. The van der Waals surface area contributed by atoms with Crippen molar-refractivity contribution in [2.75, 3.05) is 54.6 Å². The Kier molecular flexibility index (Phi) is 7.06. The molecule has 158 valence electrons. The van der Waals surface area contributed by atoms with Gasteiger partial charge in [0.1, 0.15) is 50.8 Å². The van der Waals surface area contributed by atoms with Crippen molar-refractivity contribution in [3.05, 3.63) is 41.5 Å². The molecular weight excluding hydrogens is 372 g/mol. The van der Waals surface area contributed by atoms with Gasteiger partial charge in [0.25, 0.3) is 0 Å². The molecular formula is C22H32N2O5+2. The molecule has 2 aromatic rings. The Morgan fingerprint density at radius 1 is 0.724 bits per heavy atom. The van der Waals surface area contributed by atoms with Crippen LogP contribution in [0.25, 0.3) is 0 Å². The summed E-state index contributed by atoms with van der Waals surface area (Å²) in [6.45, 7) is 6.13. The highest BCUT2D eigenvalue weighted by molar-refractivity contribution is 5.52. The summed E-state index contributed by atoms with van der Waals surface area (Å²) < 4.78 is 21.4. The van der Waals surface area contributed by atoms with Crippen molar-refractivity contribution in [1.82, 2.24) is 0 Å². The summed E-state index contributed by atoms with van der Waals surface area (Å²) >= 11 is 0. The molecule has 0 radical (unpaired) electrons. The Bertz CT molecular complexity index is 794. The first kappa shape index (κ1) is 21.1. The third kappa shape index (κ3) is 5.05. The molecule has 0 spiro atoms. The molecule has 1 fully saturated rings. The summed E-state index contributed by atoms with van der Waals surface area (Å²) in [5, 5.41) is 10.1. The topological polar surface area (TPSA) is 66.0 Å². The first-order valence-electron chi connectivity index (χ1n) is 9.89. The minimum Gasteiger partial charge on any atom is -0.502 e. The van der Waals surface area contributed by atoms with Crippen LogP contribution in [-0.4, -0.2) is 59.7 Å². The van der Waals surface area contributed by atoms with E-state index in [1.165, 1.54) is 10.5 Å². The molecule has 2 aromatic carbocycles. The number of phenolic OH excluding ortho intramolecular Hbond substituents is 1. The molecule has 29 heavy (non-hydrogen) atoms. The van der Waals surface area contributed by atoms with Gasteiger partial charge in [0.15, 0.2) is 11.5 Å². The lowest BCUT2D eigenvalue weighted by Crippen LogP contribution is -3.27. The average Bonchev–Trinajstić information content (AvgIpc) is 2.76. The van der Waals surface area contributed by atoms with Crippen LogP contribution in [-0.2, 0) is 13.1 Å². The van der Waals surface area contributed by atoms with Gasteiger partial charge in [-0.15, -0.1) is 0 Å². The van der Waals surface area contributed by atoms with Crippen LogP contribution in [0.4, 0.5) is 0 Å². The molecule has 3 rings (SSSR count). The van der Waals surface area contributed by atoms with Crippen LogP contribution >= 0.6 is 0 Å². The van der Waals surface area contributed by atoms with Crippen molar-refractivity contribution < 1.29 is 33.9 Å². The second kappa shape index (κ2) is 9.71. The largest absolute Gasteiger partial charge is 0.502 e. The van der Waals surface area contributed by atoms with Crippen LogP contribution in [0.3, 0.4) is 0 Å². The zero-order chi connectivity index (χ0) is 20.8. The van der Waals surface area contributed by atoms with E-state index >= 15 is 0 Å². The molecule has 0 aromatic heterocycles. The Morgan fingerprint density at radius 2 is 1.28 bits per heavy atom. The minimum absolute atomic E-state index is 0.0512. The lowest BCUT2D eigenvalue weighted by atomic mass is 10.1. The van der Waals surface area contributed by atoms with Crippen LogP contribution in [0.1, 0.15) is 11.1 Å². The van der Waals surface area contributed by atoms with E-state index < -0.39 is 0 Å². The zero-order valence-electron chi connectivity index (χ0n) is 17.7. The first-order valence-corrected chi connectivity index (χ1v) is 9.89. The summed E-state index contributed by atoms with van der Waals surface area (Å²) in [7, 11) is 6.51. The van der Waals surface area contributed by atoms with Crippen molar-refractivity contribution in [3.63, 3.8) is 0 Å². The Labute approximate surface area is 172 Å². The van der Waals surface area contributed by atoms with Crippen LogP contribution in [0, 0.1) is 0 Å². The molecule has 0 bridgehead atoms. The van der Waals surface area contributed by atoms with Gasteiger partial charge >= 0.3 is 0 Å². The predicted molar refractivity (Wildman–Crippen MR) is 110 cm³/mol. The fourth-order valence-electron chi connectivity index (χ4n) is 3.94. The van der Waals surface area contributed by atoms with Crippen LogP contribution in [0.15, 0.2) is 30.3 Å². The number of rotatable bonds is 8. The molecule has 0 atom stereocenters. The number of nitrogens with one attached hydrogen (secondary N) is 2. The second-order valence-electron chi connectivity index (χ2n) is 7.38. The second-order valence-corrected chi connectivity index (χ2v) is 7.38. The SMILES string of the molecule is COc1ccc(OC)c(C[NH+]2CC[NH+](Cc3cc(OC)c(O)c(OC)c3)CC2)c1. The molecule has 0 unspecified atom stereocenters. The van der Waals surface area contributed by atoms with Crippen LogP contribution in [0.5, 0.6) is 28.7 Å². The summed E-state index contributed by atoms with van der Waals surface area (Å²) in [5.74, 6) is 2.73. The predicted octanol–water partition coefficient (Wildman–Crippen LogP) is -0.0898. The maximum atomic E-state index is 10.1. The maximum Gasteiger partial charge on any atom is 0.200 e. The molecule has 0 aliphatic carbocycles. The smallest absolute Gasteiger partial charge is 0.200 e. The lowest BCUT2D eigenvalue weighted by molar-refractivity contribution is -1.02. The van der Waals surface area contributed by atoms with Gasteiger partial charge < -0.3 is 33.9 Å². The number of ether oxygens (including phenoxy) is 4. The Hall–Kier alpha value is -2.64. The van der Waals surface area contributed by atoms with Crippen LogP contribution in [0.2, 0.25) is 0 Å². The number of quaternary nitrogens is 2. The number of phenols is 1. The van der Waals surface area contributed by atoms with E-state index in [2.05, 4.69) is 6.07 Å². The highest BCUT2D eigenvalue weighted by Crippen LogP contribution is 2.36. The van der Waals surface area contributed by atoms with Gasteiger partial charge in [-0.2, -0.15) is 0 Å². The van der Waals surface area contributed by atoms with E-state index in [0.717, 1.165) is 56.3 Å².